The SMILES string of the molecule is N[C@H](C(=O)O)c1ccc(C(F)F)c(F)c1. The van der Waals surface area contributed by atoms with E-state index in [9.17, 15) is 18.0 Å². The molecule has 0 spiro atoms. The van der Waals surface area contributed by atoms with E-state index in [1.54, 1.807) is 0 Å². The maximum atomic E-state index is 13.0. The number of alkyl halides is 2. The number of benzene rings is 1. The molecule has 82 valence electrons. The zero-order valence-corrected chi connectivity index (χ0v) is 7.45. The topological polar surface area (TPSA) is 63.3 Å². The van der Waals surface area contributed by atoms with Crippen LogP contribution in [0.1, 0.15) is 23.6 Å². The van der Waals surface area contributed by atoms with Gasteiger partial charge in [-0.1, -0.05) is 12.1 Å². The molecule has 0 aliphatic rings. The Labute approximate surface area is 83.3 Å². The summed E-state index contributed by atoms with van der Waals surface area (Å²) in [5.41, 5.74) is 4.36. The molecule has 3 nitrogen and oxygen atoms in total. The molecule has 15 heavy (non-hydrogen) atoms. The second-order valence-corrected chi connectivity index (χ2v) is 2.90. The first kappa shape index (κ1) is 11.5. The zero-order valence-electron chi connectivity index (χ0n) is 7.45. The molecule has 0 bridgehead atoms. The number of nitrogens with two attached hydrogens (primary N) is 1. The molecular weight excluding hydrogens is 211 g/mol. The second kappa shape index (κ2) is 4.31. The number of halogens is 3. The molecule has 1 atom stereocenters. The van der Waals surface area contributed by atoms with Crippen molar-refractivity contribution in [3.63, 3.8) is 0 Å². The van der Waals surface area contributed by atoms with E-state index in [0.29, 0.717) is 6.07 Å². The number of carboxylic acid groups (broad SMARTS) is 1. The Kier molecular flexibility index (Phi) is 3.31. The van der Waals surface area contributed by atoms with Gasteiger partial charge in [-0.3, -0.25) is 4.79 Å². The molecule has 6 heteroatoms. The smallest absolute Gasteiger partial charge is 0.325 e. The molecule has 3 N–H and O–H groups in total. The molecule has 0 aromatic heterocycles. The van der Waals surface area contributed by atoms with Crippen LogP contribution in [-0.2, 0) is 4.79 Å². The predicted molar refractivity (Wildman–Crippen MR) is 45.9 cm³/mol. The van der Waals surface area contributed by atoms with E-state index in [0.717, 1.165) is 12.1 Å². The van der Waals surface area contributed by atoms with Crippen molar-refractivity contribution >= 4 is 5.97 Å². The highest BCUT2D eigenvalue weighted by molar-refractivity contribution is 5.75. The average molecular weight is 219 g/mol. The van der Waals surface area contributed by atoms with Crippen LogP contribution in [0.3, 0.4) is 0 Å². The second-order valence-electron chi connectivity index (χ2n) is 2.90. The monoisotopic (exact) mass is 219 g/mol. The first-order valence-electron chi connectivity index (χ1n) is 3.99. The summed E-state index contributed by atoms with van der Waals surface area (Å²) < 4.78 is 37.3. The van der Waals surface area contributed by atoms with Crippen LogP contribution in [-0.4, -0.2) is 11.1 Å². The number of carboxylic acids is 1. The van der Waals surface area contributed by atoms with Gasteiger partial charge >= 0.3 is 5.97 Å². The summed E-state index contributed by atoms with van der Waals surface area (Å²) in [5.74, 6) is -2.50. The summed E-state index contributed by atoms with van der Waals surface area (Å²) in [6.45, 7) is 0. The van der Waals surface area contributed by atoms with Crippen LogP contribution in [0, 0.1) is 5.82 Å². The minimum absolute atomic E-state index is 0.0515. The van der Waals surface area contributed by atoms with Crippen LogP contribution in [0.4, 0.5) is 13.2 Å². The Bertz CT molecular complexity index is 382. The Morgan fingerprint density at radius 1 is 1.40 bits per heavy atom. The summed E-state index contributed by atoms with van der Waals surface area (Å²) in [7, 11) is 0. The van der Waals surface area contributed by atoms with Crippen LogP contribution in [0.25, 0.3) is 0 Å². The number of rotatable bonds is 3. The van der Waals surface area contributed by atoms with Crippen molar-refractivity contribution in [2.24, 2.45) is 5.73 Å². The molecule has 0 aliphatic carbocycles. The van der Waals surface area contributed by atoms with Gasteiger partial charge in [0.1, 0.15) is 11.9 Å². The van der Waals surface area contributed by atoms with Crippen LogP contribution in [0.5, 0.6) is 0 Å². The molecule has 0 saturated heterocycles. The Morgan fingerprint density at radius 2 is 2.00 bits per heavy atom. The number of carbonyl (C=O) groups is 1. The first-order valence-corrected chi connectivity index (χ1v) is 3.99. The van der Waals surface area contributed by atoms with Gasteiger partial charge in [-0.05, 0) is 11.6 Å². The van der Waals surface area contributed by atoms with Gasteiger partial charge < -0.3 is 10.8 Å². The van der Waals surface area contributed by atoms with Gasteiger partial charge in [0, 0.05) is 0 Å². The fourth-order valence-electron chi connectivity index (χ4n) is 1.06. The van der Waals surface area contributed by atoms with Crippen LogP contribution in [0.2, 0.25) is 0 Å². The summed E-state index contributed by atoms with van der Waals surface area (Å²) in [5, 5.41) is 8.51. The Morgan fingerprint density at radius 3 is 2.40 bits per heavy atom. The Hall–Kier alpha value is -1.56. The molecule has 1 rings (SSSR count). The normalized spacial score (nSPS) is 12.9. The van der Waals surface area contributed by atoms with E-state index >= 15 is 0 Å². The van der Waals surface area contributed by atoms with E-state index in [-0.39, 0.29) is 5.56 Å². The fourth-order valence-corrected chi connectivity index (χ4v) is 1.06. The van der Waals surface area contributed by atoms with Gasteiger partial charge in [-0.25, -0.2) is 13.2 Å². The lowest BCUT2D eigenvalue weighted by Crippen LogP contribution is -2.20. The van der Waals surface area contributed by atoms with Crippen molar-refractivity contribution in [1.82, 2.24) is 0 Å². The van der Waals surface area contributed by atoms with Crippen molar-refractivity contribution in [2.75, 3.05) is 0 Å². The van der Waals surface area contributed by atoms with E-state index in [1.807, 2.05) is 0 Å². The van der Waals surface area contributed by atoms with Gasteiger partial charge in [-0.15, -0.1) is 0 Å². The van der Waals surface area contributed by atoms with Gasteiger partial charge in [-0.2, -0.15) is 0 Å². The van der Waals surface area contributed by atoms with Crippen molar-refractivity contribution in [3.05, 3.63) is 35.1 Å². The highest BCUT2D eigenvalue weighted by Gasteiger charge is 2.18. The van der Waals surface area contributed by atoms with E-state index in [2.05, 4.69) is 0 Å². The number of hydrogen-bond acceptors (Lipinski definition) is 2. The third-order valence-corrected chi connectivity index (χ3v) is 1.88. The third kappa shape index (κ3) is 2.47. The standard InChI is InChI=1S/C9H8F3NO2/c10-6-3-4(7(13)9(14)15)1-2-5(6)8(11)12/h1-3,7-8H,13H2,(H,14,15)/t7-/m0/s1. The molecule has 1 aromatic rings. The molecule has 1 aromatic carbocycles. The molecular formula is C9H8F3NO2. The van der Waals surface area contributed by atoms with E-state index in [1.165, 1.54) is 0 Å². The fraction of sp³-hybridized carbons (Fsp3) is 0.222. The molecule has 0 unspecified atom stereocenters. The summed E-state index contributed by atoms with van der Waals surface area (Å²) >= 11 is 0. The lowest BCUT2D eigenvalue weighted by Gasteiger charge is -2.08. The van der Waals surface area contributed by atoms with Crippen molar-refractivity contribution < 1.29 is 23.1 Å². The summed E-state index contributed by atoms with van der Waals surface area (Å²) in [6, 6.07) is 1.20. The maximum Gasteiger partial charge on any atom is 0.325 e. The molecule has 0 saturated carbocycles. The maximum absolute atomic E-state index is 13.0. The number of hydrogen-bond donors (Lipinski definition) is 2. The minimum Gasteiger partial charge on any atom is -0.480 e. The summed E-state index contributed by atoms with van der Waals surface area (Å²) in [4.78, 5) is 10.4. The molecule has 0 radical (unpaired) electrons. The molecule has 0 amide bonds. The van der Waals surface area contributed by atoms with E-state index in [4.69, 9.17) is 10.8 Å². The molecule has 0 fully saturated rings. The average Bonchev–Trinajstić information content (AvgIpc) is 2.15. The minimum atomic E-state index is -2.93. The first-order chi connectivity index (χ1) is 6.93. The van der Waals surface area contributed by atoms with Crippen LogP contribution < -0.4 is 5.73 Å². The van der Waals surface area contributed by atoms with Crippen LogP contribution in [0.15, 0.2) is 18.2 Å². The lowest BCUT2D eigenvalue weighted by molar-refractivity contribution is -0.138. The zero-order chi connectivity index (χ0) is 11.6. The van der Waals surface area contributed by atoms with Gasteiger partial charge in [0.2, 0.25) is 0 Å². The van der Waals surface area contributed by atoms with Crippen molar-refractivity contribution in [2.45, 2.75) is 12.5 Å². The lowest BCUT2D eigenvalue weighted by atomic mass is 10.1. The van der Waals surface area contributed by atoms with Gasteiger partial charge in [0.15, 0.2) is 0 Å². The quantitative estimate of drug-likeness (QED) is 0.815. The van der Waals surface area contributed by atoms with Gasteiger partial charge in [0.05, 0.1) is 5.56 Å². The third-order valence-electron chi connectivity index (χ3n) is 1.88. The van der Waals surface area contributed by atoms with E-state index < -0.39 is 29.8 Å². The van der Waals surface area contributed by atoms with Crippen molar-refractivity contribution in [3.8, 4) is 0 Å². The summed E-state index contributed by atoms with van der Waals surface area (Å²) in [6.07, 6.45) is -2.93. The van der Waals surface area contributed by atoms with Gasteiger partial charge in [0.25, 0.3) is 6.43 Å². The highest BCUT2D eigenvalue weighted by Crippen LogP contribution is 2.24. The Balaban J connectivity index is 3.06. The molecule has 0 heterocycles. The predicted octanol–water partition coefficient (Wildman–Crippen LogP) is 1.85. The molecule has 0 aliphatic heterocycles. The van der Waals surface area contributed by atoms with Crippen molar-refractivity contribution in [1.29, 1.82) is 0 Å². The van der Waals surface area contributed by atoms with Crippen LogP contribution >= 0.6 is 0 Å². The number of aliphatic carboxylic acids is 1. The highest BCUT2D eigenvalue weighted by atomic mass is 19.3. The largest absolute Gasteiger partial charge is 0.480 e.